The van der Waals surface area contributed by atoms with Crippen molar-refractivity contribution in [2.75, 3.05) is 12.4 Å². The van der Waals surface area contributed by atoms with Crippen molar-refractivity contribution in [2.24, 2.45) is 0 Å². The highest BCUT2D eigenvalue weighted by Gasteiger charge is 2.16. The van der Waals surface area contributed by atoms with Gasteiger partial charge in [0.15, 0.2) is 5.69 Å². The molecule has 28 heavy (non-hydrogen) atoms. The van der Waals surface area contributed by atoms with E-state index in [9.17, 15) is 4.79 Å². The van der Waals surface area contributed by atoms with Gasteiger partial charge in [-0.2, -0.15) is 0 Å². The molecule has 7 nitrogen and oxygen atoms in total. The molecule has 4 aromatic rings. The maximum Gasteiger partial charge on any atom is 0.271 e. The van der Waals surface area contributed by atoms with Gasteiger partial charge in [0.05, 0.1) is 17.4 Å². The Bertz CT molecular complexity index is 1160. The van der Waals surface area contributed by atoms with Gasteiger partial charge in [0.25, 0.3) is 5.91 Å². The summed E-state index contributed by atoms with van der Waals surface area (Å²) in [6.45, 7) is 3.99. The minimum Gasteiger partial charge on any atom is -0.359 e. The number of aromatic nitrogens is 4. The third-order valence-corrected chi connectivity index (χ3v) is 4.63. The van der Waals surface area contributed by atoms with Crippen LogP contribution >= 0.6 is 0 Å². The normalized spacial score (nSPS) is 10.8. The molecule has 0 aliphatic heterocycles. The summed E-state index contributed by atoms with van der Waals surface area (Å²) in [5, 5.41) is 6.82. The number of aromatic amines is 1. The smallest absolute Gasteiger partial charge is 0.271 e. The first-order valence-corrected chi connectivity index (χ1v) is 8.91. The second-order valence-corrected chi connectivity index (χ2v) is 6.56. The van der Waals surface area contributed by atoms with Gasteiger partial charge in [-0.05, 0) is 43.7 Å². The van der Waals surface area contributed by atoms with E-state index in [0.29, 0.717) is 11.2 Å². The molecule has 4 rings (SSSR count). The number of carbonyl (C=O) groups excluding carboxylic acids is 1. The van der Waals surface area contributed by atoms with Crippen LogP contribution in [0.15, 0.2) is 49.1 Å². The van der Waals surface area contributed by atoms with Crippen molar-refractivity contribution in [3.05, 3.63) is 66.0 Å². The zero-order chi connectivity index (χ0) is 19.7. The van der Waals surface area contributed by atoms with Crippen LogP contribution in [0.1, 0.15) is 21.7 Å². The van der Waals surface area contributed by atoms with Crippen LogP contribution in [-0.2, 0) is 0 Å². The van der Waals surface area contributed by atoms with E-state index in [1.165, 1.54) is 0 Å². The lowest BCUT2D eigenvalue weighted by Gasteiger charge is -2.10. The zero-order valence-corrected chi connectivity index (χ0v) is 15.9. The second-order valence-electron chi connectivity index (χ2n) is 6.56. The standard InChI is InChI=1S/C21H20N6O/c1-12-8-18(27-14-5-4-13(2)24-9-14)25-10-16(12)17-11-26-19-15(17)6-7-23-20(19)21(28)22-3/h4-11,26H,1-3H3,(H,22,28)(H,25,27). The van der Waals surface area contributed by atoms with Gasteiger partial charge < -0.3 is 15.6 Å². The quantitative estimate of drug-likeness (QED) is 0.507. The molecule has 0 atom stereocenters. The molecule has 0 unspecified atom stereocenters. The van der Waals surface area contributed by atoms with Crippen molar-refractivity contribution in [1.82, 2.24) is 25.3 Å². The Morgan fingerprint density at radius 2 is 1.89 bits per heavy atom. The van der Waals surface area contributed by atoms with E-state index in [2.05, 4.69) is 30.6 Å². The van der Waals surface area contributed by atoms with E-state index < -0.39 is 0 Å². The number of hydrogen-bond acceptors (Lipinski definition) is 5. The molecule has 0 spiro atoms. The number of pyridine rings is 3. The average Bonchev–Trinajstić information content (AvgIpc) is 3.13. The number of carbonyl (C=O) groups is 1. The Hall–Kier alpha value is -3.74. The largest absolute Gasteiger partial charge is 0.359 e. The molecular formula is C21H20N6O. The third-order valence-electron chi connectivity index (χ3n) is 4.63. The number of nitrogens with zero attached hydrogens (tertiary/aromatic N) is 3. The first-order valence-electron chi connectivity index (χ1n) is 8.91. The van der Waals surface area contributed by atoms with Crippen molar-refractivity contribution in [3.8, 4) is 11.1 Å². The van der Waals surface area contributed by atoms with Gasteiger partial charge in [-0.25, -0.2) is 9.97 Å². The lowest BCUT2D eigenvalue weighted by Crippen LogP contribution is -2.19. The van der Waals surface area contributed by atoms with Gasteiger partial charge >= 0.3 is 0 Å². The Balaban J connectivity index is 1.70. The van der Waals surface area contributed by atoms with Gasteiger partial charge in [-0.3, -0.25) is 9.78 Å². The molecule has 140 valence electrons. The molecule has 0 aliphatic rings. The lowest BCUT2D eigenvalue weighted by molar-refractivity contribution is 0.0960. The highest BCUT2D eigenvalue weighted by atomic mass is 16.1. The molecule has 0 bridgehead atoms. The fraction of sp³-hybridized carbons (Fsp3) is 0.143. The van der Waals surface area contributed by atoms with Crippen molar-refractivity contribution < 1.29 is 4.79 Å². The van der Waals surface area contributed by atoms with Crippen LogP contribution in [0.3, 0.4) is 0 Å². The Labute approximate surface area is 162 Å². The number of H-pyrrole nitrogens is 1. The Kier molecular flexibility index (Phi) is 4.49. The highest BCUT2D eigenvalue weighted by molar-refractivity contribution is 6.07. The van der Waals surface area contributed by atoms with Gasteiger partial charge in [0.2, 0.25) is 0 Å². The molecule has 0 aliphatic carbocycles. The molecular weight excluding hydrogens is 352 g/mol. The van der Waals surface area contributed by atoms with Crippen LogP contribution in [-0.4, -0.2) is 32.9 Å². The molecule has 1 amide bonds. The predicted molar refractivity (Wildman–Crippen MR) is 110 cm³/mol. The number of amides is 1. The SMILES string of the molecule is CNC(=O)c1nccc2c(-c3cnc(Nc4ccc(C)nc4)cc3C)c[nH]c12. The Morgan fingerprint density at radius 1 is 1.04 bits per heavy atom. The summed E-state index contributed by atoms with van der Waals surface area (Å²) in [6, 6.07) is 7.82. The van der Waals surface area contributed by atoms with Crippen molar-refractivity contribution in [1.29, 1.82) is 0 Å². The van der Waals surface area contributed by atoms with E-state index in [-0.39, 0.29) is 5.91 Å². The molecule has 0 saturated heterocycles. The summed E-state index contributed by atoms with van der Waals surface area (Å²) in [4.78, 5) is 28.3. The van der Waals surface area contributed by atoms with Gasteiger partial charge in [-0.1, -0.05) is 0 Å². The fourth-order valence-electron chi connectivity index (χ4n) is 3.16. The summed E-state index contributed by atoms with van der Waals surface area (Å²) in [5.74, 6) is 0.527. The van der Waals surface area contributed by atoms with Crippen LogP contribution < -0.4 is 10.6 Å². The van der Waals surface area contributed by atoms with Crippen molar-refractivity contribution >= 4 is 28.3 Å². The van der Waals surface area contributed by atoms with Gasteiger partial charge in [0, 0.05) is 47.8 Å². The van der Waals surface area contributed by atoms with E-state index in [1.54, 1.807) is 19.4 Å². The molecule has 3 N–H and O–H groups in total. The minimum absolute atomic E-state index is 0.222. The van der Waals surface area contributed by atoms with Crippen LogP contribution in [0.5, 0.6) is 0 Å². The highest BCUT2D eigenvalue weighted by Crippen LogP contribution is 2.32. The summed E-state index contributed by atoms with van der Waals surface area (Å²) < 4.78 is 0. The number of rotatable bonds is 4. The fourth-order valence-corrected chi connectivity index (χ4v) is 3.16. The first kappa shape index (κ1) is 17.7. The van der Waals surface area contributed by atoms with E-state index in [4.69, 9.17) is 0 Å². The number of aryl methyl sites for hydroxylation is 2. The topological polar surface area (TPSA) is 95.6 Å². The van der Waals surface area contributed by atoms with Gasteiger partial charge in [0.1, 0.15) is 5.82 Å². The number of hydrogen-bond donors (Lipinski definition) is 3. The molecule has 4 aromatic heterocycles. The first-order chi connectivity index (χ1) is 13.6. The number of anilines is 2. The van der Waals surface area contributed by atoms with E-state index >= 15 is 0 Å². The summed E-state index contributed by atoms with van der Waals surface area (Å²) in [7, 11) is 1.59. The van der Waals surface area contributed by atoms with Crippen LogP contribution in [0, 0.1) is 13.8 Å². The zero-order valence-electron chi connectivity index (χ0n) is 15.9. The average molecular weight is 372 g/mol. The predicted octanol–water partition coefficient (Wildman–Crippen LogP) is 3.74. The van der Waals surface area contributed by atoms with Crippen LogP contribution in [0.25, 0.3) is 22.0 Å². The van der Waals surface area contributed by atoms with Crippen molar-refractivity contribution in [3.63, 3.8) is 0 Å². The molecule has 0 saturated carbocycles. The maximum absolute atomic E-state index is 12.1. The van der Waals surface area contributed by atoms with Gasteiger partial charge in [-0.15, -0.1) is 0 Å². The van der Waals surface area contributed by atoms with E-state index in [0.717, 1.165) is 39.3 Å². The van der Waals surface area contributed by atoms with Crippen molar-refractivity contribution in [2.45, 2.75) is 13.8 Å². The lowest BCUT2D eigenvalue weighted by atomic mass is 10.0. The molecule has 0 radical (unpaired) electrons. The molecule has 7 heteroatoms. The Morgan fingerprint density at radius 3 is 2.61 bits per heavy atom. The molecule has 0 fully saturated rings. The summed E-state index contributed by atoms with van der Waals surface area (Å²) >= 11 is 0. The summed E-state index contributed by atoms with van der Waals surface area (Å²) in [5.41, 5.74) is 5.99. The van der Waals surface area contributed by atoms with E-state index in [1.807, 2.05) is 50.5 Å². The monoisotopic (exact) mass is 372 g/mol. The molecule has 4 heterocycles. The molecule has 0 aromatic carbocycles. The van der Waals surface area contributed by atoms with Crippen LogP contribution in [0.4, 0.5) is 11.5 Å². The maximum atomic E-state index is 12.1. The second kappa shape index (κ2) is 7.11. The third kappa shape index (κ3) is 3.18. The number of fused-ring (bicyclic) bond motifs is 1. The minimum atomic E-state index is -0.222. The van der Waals surface area contributed by atoms with Crippen LogP contribution in [0.2, 0.25) is 0 Å². The summed E-state index contributed by atoms with van der Waals surface area (Å²) in [6.07, 6.45) is 7.15. The number of nitrogens with one attached hydrogen (secondary N) is 3.